The van der Waals surface area contributed by atoms with Crippen LogP contribution < -0.4 is 5.32 Å². The molecule has 3 amide bonds. The van der Waals surface area contributed by atoms with Crippen LogP contribution in [0.1, 0.15) is 34.2 Å². The molecule has 0 spiro atoms. The smallest absolute Gasteiger partial charge is 0.325 e. The molecular weight excluding hydrogens is 318 g/mol. The van der Waals surface area contributed by atoms with Gasteiger partial charge in [-0.25, -0.2) is 4.79 Å². The molecule has 3 rings (SSSR count). The van der Waals surface area contributed by atoms with Gasteiger partial charge in [0.1, 0.15) is 5.54 Å². The molecule has 1 aliphatic rings. The third-order valence-corrected chi connectivity index (χ3v) is 5.00. The van der Waals surface area contributed by atoms with Crippen LogP contribution in [0.25, 0.3) is 0 Å². The lowest BCUT2D eigenvalue weighted by atomic mass is 9.92. The van der Waals surface area contributed by atoms with Gasteiger partial charge in [0.05, 0.1) is 6.54 Å². The van der Waals surface area contributed by atoms with Crippen molar-refractivity contribution in [1.82, 2.24) is 14.8 Å². The van der Waals surface area contributed by atoms with Gasteiger partial charge >= 0.3 is 6.03 Å². The van der Waals surface area contributed by atoms with Crippen molar-refractivity contribution in [1.29, 1.82) is 0 Å². The quantitative estimate of drug-likeness (QED) is 0.686. The lowest BCUT2D eigenvalue weighted by molar-refractivity contribution is -0.130. The zero-order valence-corrected chi connectivity index (χ0v) is 14.8. The van der Waals surface area contributed by atoms with Crippen molar-refractivity contribution >= 4 is 17.7 Å². The number of carbonyl (C=O) groups is 3. The number of aryl methyl sites for hydroxylation is 1. The van der Waals surface area contributed by atoms with Gasteiger partial charge in [-0.2, -0.15) is 0 Å². The molecule has 0 radical (unpaired) electrons. The summed E-state index contributed by atoms with van der Waals surface area (Å²) in [6.07, 6.45) is 0. The normalized spacial score (nSPS) is 20.1. The fourth-order valence-corrected chi connectivity index (χ4v) is 3.17. The highest BCUT2D eigenvalue weighted by Crippen LogP contribution is 2.29. The van der Waals surface area contributed by atoms with Gasteiger partial charge in [0, 0.05) is 24.0 Å². The molecule has 0 saturated carbocycles. The molecule has 1 aromatic carbocycles. The van der Waals surface area contributed by atoms with E-state index in [0.717, 1.165) is 16.3 Å². The lowest BCUT2D eigenvalue weighted by Gasteiger charge is -2.22. The number of imide groups is 1. The Morgan fingerprint density at radius 2 is 1.80 bits per heavy atom. The molecule has 0 aliphatic carbocycles. The molecule has 0 bridgehead atoms. The molecule has 0 unspecified atom stereocenters. The highest BCUT2D eigenvalue weighted by molar-refractivity contribution is 6.11. The number of aromatic nitrogens is 1. The number of Topliss-reactive ketones (excluding diaryl/α,β-unsaturated/α-hetero) is 1. The van der Waals surface area contributed by atoms with Crippen LogP contribution in [0.2, 0.25) is 0 Å². The van der Waals surface area contributed by atoms with Gasteiger partial charge in [-0.15, -0.1) is 0 Å². The van der Waals surface area contributed by atoms with E-state index in [1.54, 1.807) is 25.1 Å². The van der Waals surface area contributed by atoms with Crippen molar-refractivity contribution in [3.8, 4) is 0 Å². The first-order valence-corrected chi connectivity index (χ1v) is 8.11. The van der Waals surface area contributed by atoms with Crippen molar-refractivity contribution in [2.24, 2.45) is 7.05 Å². The Kier molecular flexibility index (Phi) is 3.99. The standard InChI is InChI=1S/C19H21N3O3/c1-12-10-15(13(2)21(12)4)16(23)11-22-17(24)19(3,20-18(22)25)14-8-6-5-7-9-14/h5-10H,11H2,1-4H3,(H,20,25)/t19-/m0/s1. The Balaban J connectivity index is 1.86. The average molecular weight is 339 g/mol. The Morgan fingerprint density at radius 3 is 2.36 bits per heavy atom. The van der Waals surface area contributed by atoms with E-state index in [1.807, 2.05) is 43.7 Å². The van der Waals surface area contributed by atoms with Crippen LogP contribution in [0.4, 0.5) is 4.79 Å². The molecule has 25 heavy (non-hydrogen) atoms. The average Bonchev–Trinajstić information content (AvgIpc) is 2.98. The second-order valence-corrected chi connectivity index (χ2v) is 6.58. The molecule has 1 saturated heterocycles. The van der Waals surface area contributed by atoms with E-state index in [-0.39, 0.29) is 12.3 Å². The zero-order valence-electron chi connectivity index (χ0n) is 14.8. The minimum absolute atomic E-state index is 0.248. The van der Waals surface area contributed by atoms with E-state index in [4.69, 9.17) is 0 Å². The number of hydrogen-bond donors (Lipinski definition) is 1. The van der Waals surface area contributed by atoms with Gasteiger partial charge in [-0.3, -0.25) is 14.5 Å². The summed E-state index contributed by atoms with van der Waals surface area (Å²) in [5.41, 5.74) is 1.84. The van der Waals surface area contributed by atoms with E-state index in [0.29, 0.717) is 11.1 Å². The molecule has 1 aliphatic heterocycles. The second-order valence-electron chi connectivity index (χ2n) is 6.58. The zero-order chi connectivity index (χ0) is 18.4. The maximum atomic E-state index is 12.8. The molecule has 2 aromatic rings. The summed E-state index contributed by atoms with van der Waals surface area (Å²) < 4.78 is 1.91. The predicted octanol–water partition coefficient (Wildman–Crippen LogP) is 2.29. The SMILES string of the molecule is Cc1cc(C(=O)CN2C(=O)N[C@@](C)(c3ccccc3)C2=O)c(C)n1C. The van der Waals surface area contributed by atoms with Crippen molar-refractivity contribution in [2.45, 2.75) is 26.3 Å². The number of urea groups is 1. The highest BCUT2D eigenvalue weighted by atomic mass is 16.2. The Bertz CT molecular complexity index is 870. The fourth-order valence-electron chi connectivity index (χ4n) is 3.17. The Labute approximate surface area is 146 Å². The van der Waals surface area contributed by atoms with Crippen LogP contribution in [0.3, 0.4) is 0 Å². The summed E-state index contributed by atoms with van der Waals surface area (Å²) >= 11 is 0. The number of benzene rings is 1. The Morgan fingerprint density at radius 1 is 1.16 bits per heavy atom. The molecule has 6 nitrogen and oxygen atoms in total. The number of amides is 3. The minimum Gasteiger partial charge on any atom is -0.351 e. The molecule has 2 heterocycles. The molecule has 130 valence electrons. The van der Waals surface area contributed by atoms with E-state index in [1.165, 1.54) is 0 Å². The van der Waals surface area contributed by atoms with Crippen molar-refractivity contribution < 1.29 is 14.4 Å². The van der Waals surface area contributed by atoms with Crippen LogP contribution in [-0.4, -0.2) is 33.7 Å². The topological polar surface area (TPSA) is 71.4 Å². The van der Waals surface area contributed by atoms with Gasteiger partial charge < -0.3 is 9.88 Å². The van der Waals surface area contributed by atoms with Crippen molar-refractivity contribution in [2.75, 3.05) is 6.54 Å². The molecular formula is C19H21N3O3. The molecule has 6 heteroatoms. The number of rotatable bonds is 4. The summed E-state index contributed by atoms with van der Waals surface area (Å²) in [5, 5.41) is 2.71. The number of carbonyl (C=O) groups excluding carboxylic acids is 3. The number of ketones is 1. The number of nitrogens with zero attached hydrogens (tertiary/aromatic N) is 2. The van der Waals surface area contributed by atoms with Crippen molar-refractivity contribution in [3.63, 3.8) is 0 Å². The van der Waals surface area contributed by atoms with E-state index in [9.17, 15) is 14.4 Å². The van der Waals surface area contributed by atoms with Gasteiger partial charge in [-0.1, -0.05) is 30.3 Å². The summed E-state index contributed by atoms with van der Waals surface area (Å²) in [7, 11) is 1.88. The van der Waals surface area contributed by atoms with Gasteiger partial charge in [0.2, 0.25) is 0 Å². The first-order chi connectivity index (χ1) is 11.8. The van der Waals surface area contributed by atoms with E-state index < -0.39 is 17.5 Å². The lowest BCUT2D eigenvalue weighted by Crippen LogP contribution is -2.41. The maximum Gasteiger partial charge on any atom is 0.325 e. The van der Waals surface area contributed by atoms with Gasteiger partial charge in [0.15, 0.2) is 5.78 Å². The molecule has 1 N–H and O–H groups in total. The highest BCUT2D eigenvalue weighted by Gasteiger charge is 2.49. The summed E-state index contributed by atoms with van der Waals surface area (Å²) in [4.78, 5) is 38.8. The second kappa shape index (κ2) is 5.88. The van der Waals surface area contributed by atoms with E-state index >= 15 is 0 Å². The minimum atomic E-state index is -1.15. The first kappa shape index (κ1) is 17.0. The Hall–Kier alpha value is -2.89. The summed E-state index contributed by atoms with van der Waals surface area (Å²) in [6, 6.07) is 10.3. The largest absolute Gasteiger partial charge is 0.351 e. The monoisotopic (exact) mass is 339 g/mol. The molecule has 1 fully saturated rings. The third kappa shape index (κ3) is 2.63. The van der Waals surface area contributed by atoms with Crippen molar-refractivity contribution in [3.05, 3.63) is 58.9 Å². The maximum absolute atomic E-state index is 12.8. The fraction of sp³-hybridized carbons (Fsp3) is 0.316. The summed E-state index contributed by atoms with van der Waals surface area (Å²) in [6.45, 7) is 5.15. The molecule has 1 atom stereocenters. The van der Waals surface area contributed by atoms with Crippen LogP contribution in [0.15, 0.2) is 36.4 Å². The van der Waals surface area contributed by atoms with Gasteiger partial charge in [-0.05, 0) is 32.4 Å². The van der Waals surface area contributed by atoms with E-state index in [2.05, 4.69) is 5.32 Å². The van der Waals surface area contributed by atoms with Crippen LogP contribution >= 0.6 is 0 Å². The predicted molar refractivity (Wildman–Crippen MR) is 93.3 cm³/mol. The van der Waals surface area contributed by atoms with Crippen LogP contribution in [0, 0.1) is 13.8 Å². The van der Waals surface area contributed by atoms with Crippen LogP contribution in [0.5, 0.6) is 0 Å². The number of hydrogen-bond acceptors (Lipinski definition) is 3. The molecule has 1 aromatic heterocycles. The number of nitrogens with one attached hydrogen (secondary N) is 1. The first-order valence-electron chi connectivity index (χ1n) is 8.11. The van der Waals surface area contributed by atoms with Crippen LogP contribution in [-0.2, 0) is 17.4 Å². The van der Waals surface area contributed by atoms with Gasteiger partial charge in [0.25, 0.3) is 5.91 Å². The summed E-state index contributed by atoms with van der Waals surface area (Å²) in [5.74, 6) is -0.663. The third-order valence-electron chi connectivity index (χ3n) is 5.00.